The number of aliphatic carboxylic acids is 1. The number of rotatable bonds is 2. The molecule has 8 heteroatoms. The van der Waals surface area contributed by atoms with E-state index in [4.69, 9.17) is 21.4 Å². The molecule has 0 radical (unpaired) electrons. The first-order chi connectivity index (χ1) is 11.3. The highest BCUT2D eigenvalue weighted by molar-refractivity contribution is 6.33. The summed E-state index contributed by atoms with van der Waals surface area (Å²) in [6, 6.07) is 2.92. The van der Waals surface area contributed by atoms with Gasteiger partial charge in [-0.3, -0.25) is 0 Å². The third kappa shape index (κ3) is 3.17. The third-order valence-electron chi connectivity index (χ3n) is 4.16. The highest BCUT2D eigenvalue weighted by Crippen LogP contribution is 2.42. The lowest BCUT2D eigenvalue weighted by Crippen LogP contribution is -2.40. The number of carbonyl (C=O) groups is 1. The van der Waals surface area contributed by atoms with E-state index < -0.39 is 23.8 Å². The molecule has 2 aliphatic heterocycles. The summed E-state index contributed by atoms with van der Waals surface area (Å²) in [6.45, 7) is 1.55. The number of carboxylic acid groups (broad SMARTS) is 1. The minimum atomic E-state index is -4.81. The van der Waals surface area contributed by atoms with Gasteiger partial charge in [0.25, 0.3) is 0 Å². The molecule has 0 spiro atoms. The number of carboxylic acids is 1. The number of piperidine rings is 1. The molecule has 130 valence electrons. The number of fused-ring (bicyclic) bond motifs is 1. The van der Waals surface area contributed by atoms with E-state index in [9.17, 15) is 18.0 Å². The molecule has 1 N–H and O–H groups in total. The van der Waals surface area contributed by atoms with Crippen molar-refractivity contribution in [2.45, 2.75) is 31.5 Å². The van der Waals surface area contributed by atoms with Crippen LogP contribution < -0.4 is 9.64 Å². The van der Waals surface area contributed by atoms with Gasteiger partial charge in [-0.25, -0.2) is 4.79 Å². The van der Waals surface area contributed by atoms with Crippen LogP contribution in [0.25, 0.3) is 6.08 Å². The van der Waals surface area contributed by atoms with Gasteiger partial charge in [0.05, 0.1) is 16.3 Å². The second-order valence-corrected chi connectivity index (χ2v) is 6.24. The zero-order chi connectivity index (χ0) is 17.5. The molecular formula is C16H15ClF3NO3. The molecule has 4 nitrogen and oxygen atoms in total. The predicted molar refractivity (Wildman–Crippen MR) is 83.6 cm³/mol. The van der Waals surface area contributed by atoms with E-state index in [1.807, 2.05) is 4.90 Å². The molecule has 1 aromatic carbocycles. The van der Waals surface area contributed by atoms with E-state index in [0.717, 1.165) is 38.4 Å². The van der Waals surface area contributed by atoms with Crippen molar-refractivity contribution in [2.75, 3.05) is 18.0 Å². The van der Waals surface area contributed by atoms with E-state index in [0.29, 0.717) is 10.7 Å². The quantitative estimate of drug-likeness (QED) is 0.860. The van der Waals surface area contributed by atoms with E-state index in [1.165, 1.54) is 12.1 Å². The van der Waals surface area contributed by atoms with Crippen LogP contribution in [0.3, 0.4) is 0 Å². The van der Waals surface area contributed by atoms with Gasteiger partial charge in [0, 0.05) is 24.7 Å². The molecule has 1 fully saturated rings. The van der Waals surface area contributed by atoms with Crippen LogP contribution in [0.15, 0.2) is 17.7 Å². The number of alkyl halides is 3. The summed E-state index contributed by atoms with van der Waals surface area (Å²) >= 11 is 6.25. The maximum absolute atomic E-state index is 13.1. The SMILES string of the molecule is O=C(O)C1=Cc2cc(Cl)c(N3CCCCC3)cc2OC1C(F)(F)F. The maximum atomic E-state index is 13.1. The monoisotopic (exact) mass is 361 g/mol. The number of hydrogen-bond acceptors (Lipinski definition) is 3. The Morgan fingerprint density at radius 3 is 2.50 bits per heavy atom. The maximum Gasteiger partial charge on any atom is 0.430 e. The third-order valence-corrected chi connectivity index (χ3v) is 4.46. The highest BCUT2D eigenvalue weighted by Gasteiger charge is 2.48. The molecule has 3 rings (SSSR count). The lowest BCUT2D eigenvalue weighted by molar-refractivity contribution is -0.187. The largest absolute Gasteiger partial charge is 0.478 e. The first-order valence-corrected chi connectivity index (χ1v) is 7.92. The average molecular weight is 362 g/mol. The summed E-state index contributed by atoms with van der Waals surface area (Å²) in [5.41, 5.74) is -0.00124. The Morgan fingerprint density at radius 2 is 1.92 bits per heavy atom. The van der Waals surface area contributed by atoms with E-state index in [-0.39, 0.29) is 11.3 Å². The van der Waals surface area contributed by atoms with Crippen LogP contribution in [-0.2, 0) is 4.79 Å². The van der Waals surface area contributed by atoms with Gasteiger partial charge < -0.3 is 14.7 Å². The van der Waals surface area contributed by atoms with Gasteiger partial charge in [0.1, 0.15) is 5.75 Å². The predicted octanol–water partition coefficient (Wildman–Crippen LogP) is 4.12. The Hall–Kier alpha value is -1.89. The number of benzene rings is 1. The Balaban J connectivity index is 2.03. The van der Waals surface area contributed by atoms with Gasteiger partial charge >= 0.3 is 12.1 Å². The van der Waals surface area contributed by atoms with Crippen molar-refractivity contribution in [1.82, 2.24) is 0 Å². The van der Waals surface area contributed by atoms with Crippen LogP contribution >= 0.6 is 11.6 Å². The second kappa shape index (κ2) is 6.20. The molecule has 2 aliphatic rings. The van der Waals surface area contributed by atoms with Crippen LogP contribution in [-0.4, -0.2) is 36.4 Å². The topological polar surface area (TPSA) is 49.8 Å². The molecule has 2 heterocycles. The van der Waals surface area contributed by atoms with E-state index in [1.54, 1.807) is 0 Å². The van der Waals surface area contributed by atoms with Crippen molar-refractivity contribution < 1.29 is 27.8 Å². The lowest BCUT2D eigenvalue weighted by atomic mass is 10.0. The minimum absolute atomic E-state index is 0.00713. The first kappa shape index (κ1) is 17.0. The summed E-state index contributed by atoms with van der Waals surface area (Å²) < 4.78 is 44.3. The van der Waals surface area contributed by atoms with Crippen molar-refractivity contribution >= 4 is 29.3 Å². The number of halogens is 4. The van der Waals surface area contributed by atoms with Gasteiger partial charge in [0.15, 0.2) is 0 Å². The fourth-order valence-electron chi connectivity index (χ4n) is 3.00. The summed E-state index contributed by atoms with van der Waals surface area (Å²) in [4.78, 5) is 13.1. The van der Waals surface area contributed by atoms with Crippen molar-refractivity contribution in [3.8, 4) is 5.75 Å². The molecule has 1 atom stereocenters. The molecule has 1 unspecified atom stereocenters. The Kier molecular flexibility index (Phi) is 4.38. The normalized spacial score (nSPS) is 20.9. The highest BCUT2D eigenvalue weighted by atomic mass is 35.5. The van der Waals surface area contributed by atoms with Crippen LogP contribution in [0.5, 0.6) is 5.75 Å². The van der Waals surface area contributed by atoms with Crippen LogP contribution in [0.2, 0.25) is 5.02 Å². The summed E-state index contributed by atoms with van der Waals surface area (Å²) in [7, 11) is 0. The molecule has 1 aromatic rings. The van der Waals surface area contributed by atoms with Crippen LogP contribution in [0, 0.1) is 0 Å². The number of nitrogens with zero attached hydrogens (tertiary/aromatic N) is 1. The standard InChI is InChI=1S/C16H15ClF3NO3/c17-11-7-9-6-10(15(22)23)14(16(18,19)20)24-13(9)8-12(11)21-4-2-1-3-5-21/h6-8,14H,1-5H2,(H,22,23). The van der Waals surface area contributed by atoms with Crippen molar-refractivity contribution in [2.24, 2.45) is 0 Å². The van der Waals surface area contributed by atoms with Gasteiger partial charge in [-0.05, 0) is 31.4 Å². The second-order valence-electron chi connectivity index (χ2n) is 5.83. The molecule has 0 bridgehead atoms. The zero-order valence-electron chi connectivity index (χ0n) is 12.6. The minimum Gasteiger partial charge on any atom is -0.478 e. The van der Waals surface area contributed by atoms with Crippen molar-refractivity contribution in [3.63, 3.8) is 0 Å². The molecule has 24 heavy (non-hydrogen) atoms. The van der Waals surface area contributed by atoms with Crippen molar-refractivity contribution in [3.05, 3.63) is 28.3 Å². The molecule has 0 aromatic heterocycles. The Labute approximate surface area is 141 Å². The molecule has 0 aliphatic carbocycles. The zero-order valence-corrected chi connectivity index (χ0v) is 13.3. The van der Waals surface area contributed by atoms with Crippen LogP contribution in [0.4, 0.5) is 18.9 Å². The smallest absolute Gasteiger partial charge is 0.430 e. The van der Waals surface area contributed by atoms with E-state index >= 15 is 0 Å². The van der Waals surface area contributed by atoms with Gasteiger partial charge in [-0.15, -0.1) is 0 Å². The summed E-state index contributed by atoms with van der Waals surface area (Å²) in [6.07, 6.45) is -3.24. The summed E-state index contributed by atoms with van der Waals surface area (Å²) in [5.74, 6) is -1.67. The number of ether oxygens (including phenoxy) is 1. The van der Waals surface area contributed by atoms with Gasteiger partial charge in [0.2, 0.25) is 6.10 Å². The fourth-order valence-corrected chi connectivity index (χ4v) is 3.29. The fraction of sp³-hybridized carbons (Fsp3) is 0.438. The molecular weight excluding hydrogens is 347 g/mol. The lowest BCUT2D eigenvalue weighted by Gasteiger charge is -2.32. The summed E-state index contributed by atoms with van der Waals surface area (Å²) in [5, 5.41) is 9.40. The molecule has 0 saturated carbocycles. The van der Waals surface area contributed by atoms with Crippen molar-refractivity contribution in [1.29, 1.82) is 0 Å². The first-order valence-electron chi connectivity index (χ1n) is 7.54. The van der Waals surface area contributed by atoms with Gasteiger partial charge in [-0.1, -0.05) is 11.6 Å². The Bertz CT molecular complexity index is 697. The average Bonchev–Trinajstić information content (AvgIpc) is 2.53. The molecule has 1 saturated heterocycles. The number of hydrogen-bond donors (Lipinski definition) is 1. The van der Waals surface area contributed by atoms with Crippen LogP contribution in [0.1, 0.15) is 24.8 Å². The molecule has 0 amide bonds. The van der Waals surface area contributed by atoms with E-state index in [2.05, 4.69) is 0 Å². The van der Waals surface area contributed by atoms with Gasteiger partial charge in [-0.2, -0.15) is 13.2 Å². The Morgan fingerprint density at radius 1 is 1.25 bits per heavy atom. The number of anilines is 1.